The minimum atomic E-state index is -0.956. The Balaban J connectivity index is 2.55. The Hall–Kier alpha value is -1.66. The summed E-state index contributed by atoms with van der Waals surface area (Å²) in [6.07, 6.45) is 1.07. The fraction of sp³-hybridized carbons (Fsp3) is 0.385. The number of aliphatic hydroxyl groups is 1. The maximum absolute atomic E-state index is 13.4. The lowest BCUT2D eigenvalue weighted by Crippen LogP contribution is -2.40. The number of amides is 2. The molecule has 0 aliphatic carbocycles. The van der Waals surface area contributed by atoms with Gasteiger partial charge in [0, 0.05) is 17.7 Å². The van der Waals surface area contributed by atoms with Crippen molar-refractivity contribution in [1.29, 1.82) is 0 Å². The minimum Gasteiger partial charge on any atom is -0.396 e. The van der Waals surface area contributed by atoms with Gasteiger partial charge >= 0.3 is 11.8 Å². The van der Waals surface area contributed by atoms with Crippen molar-refractivity contribution in [3.8, 4) is 0 Å². The zero-order valence-corrected chi connectivity index (χ0v) is 11.7. The van der Waals surface area contributed by atoms with Gasteiger partial charge in [0.1, 0.15) is 5.82 Å². The first-order chi connectivity index (χ1) is 9.43. The zero-order chi connectivity index (χ0) is 15.1. The van der Waals surface area contributed by atoms with Crippen LogP contribution in [0.5, 0.6) is 0 Å². The van der Waals surface area contributed by atoms with Crippen LogP contribution in [0, 0.1) is 5.82 Å². The van der Waals surface area contributed by atoms with Crippen LogP contribution in [-0.4, -0.2) is 29.6 Å². The highest BCUT2D eigenvalue weighted by atomic mass is 35.5. The maximum atomic E-state index is 13.4. The van der Waals surface area contributed by atoms with Crippen LogP contribution in [-0.2, 0) is 9.59 Å². The average Bonchev–Trinajstić information content (AvgIpc) is 2.39. The van der Waals surface area contributed by atoms with Crippen molar-refractivity contribution in [3.63, 3.8) is 0 Å². The Kier molecular flexibility index (Phi) is 6.41. The topological polar surface area (TPSA) is 78.4 Å². The number of rotatable bonds is 5. The lowest BCUT2D eigenvalue weighted by molar-refractivity contribution is -0.136. The van der Waals surface area contributed by atoms with Crippen LogP contribution in [0.1, 0.15) is 19.8 Å². The number of halogens is 2. The Morgan fingerprint density at radius 1 is 1.40 bits per heavy atom. The van der Waals surface area contributed by atoms with Gasteiger partial charge in [-0.15, -0.1) is 0 Å². The Morgan fingerprint density at radius 3 is 2.70 bits per heavy atom. The molecule has 0 bridgehead atoms. The standard InChI is InChI=1S/C13H16ClFN2O3/c1-8(3-2-6-18)16-12(19)13(20)17-11-5-4-9(14)7-10(11)15/h4-5,7-8,18H,2-3,6H2,1H3,(H,16,19)(H,17,20). The molecule has 0 saturated heterocycles. The second-order valence-corrected chi connectivity index (χ2v) is 4.76. The molecule has 1 rings (SSSR count). The van der Waals surface area contributed by atoms with Gasteiger partial charge in [0.2, 0.25) is 0 Å². The summed E-state index contributed by atoms with van der Waals surface area (Å²) in [6, 6.07) is 3.47. The molecule has 0 fully saturated rings. The van der Waals surface area contributed by atoms with Crippen LogP contribution in [0.2, 0.25) is 5.02 Å². The number of aliphatic hydroxyl groups excluding tert-OH is 1. The molecule has 0 saturated carbocycles. The van der Waals surface area contributed by atoms with Crippen molar-refractivity contribution in [2.45, 2.75) is 25.8 Å². The molecule has 0 radical (unpaired) electrons. The number of nitrogens with one attached hydrogen (secondary N) is 2. The van der Waals surface area contributed by atoms with E-state index in [1.165, 1.54) is 12.1 Å². The summed E-state index contributed by atoms with van der Waals surface area (Å²) in [7, 11) is 0. The van der Waals surface area contributed by atoms with Crippen LogP contribution in [0.25, 0.3) is 0 Å². The summed E-state index contributed by atoms with van der Waals surface area (Å²) in [5.41, 5.74) is -0.113. The lowest BCUT2D eigenvalue weighted by Gasteiger charge is -2.13. The third kappa shape index (κ3) is 5.14. The highest BCUT2D eigenvalue weighted by Gasteiger charge is 2.17. The van der Waals surface area contributed by atoms with E-state index in [1.807, 2.05) is 0 Å². The predicted molar refractivity (Wildman–Crippen MR) is 74.0 cm³/mol. The summed E-state index contributed by atoms with van der Waals surface area (Å²) in [5.74, 6) is -2.53. The summed E-state index contributed by atoms with van der Waals surface area (Å²) >= 11 is 5.58. The number of hydrogen-bond donors (Lipinski definition) is 3. The van der Waals surface area contributed by atoms with E-state index >= 15 is 0 Å². The van der Waals surface area contributed by atoms with Gasteiger partial charge in [0.15, 0.2) is 0 Å². The van der Waals surface area contributed by atoms with Gasteiger partial charge in [0.25, 0.3) is 0 Å². The summed E-state index contributed by atoms with van der Waals surface area (Å²) in [6.45, 7) is 1.73. The van der Waals surface area contributed by atoms with Gasteiger partial charge in [-0.1, -0.05) is 11.6 Å². The second-order valence-electron chi connectivity index (χ2n) is 4.32. The van der Waals surface area contributed by atoms with Gasteiger partial charge in [-0.05, 0) is 38.0 Å². The third-order valence-corrected chi connectivity index (χ3v) is 2.79. The van der Waals surface area contributed by atoms with Crippen molar-refractivity contribution < 1.29 is 19.1 Å². The third-order valence-electron chi connectivity index (χ3n) is 2.56. The SMILES string of the molecule is CC(CCCO)NC(=O)C(=O)Nc1ccc(Cl)cc1F. The fourth-order valence-corrected chi connectivity index (χ4v) is 1.69. The van der Waals surface area contributed by atoms with E-state index in [4.69, 9.17) is 16.7 Å². The zero-order valence-electron chi connectivity index (χ0n) is 11.0. The van der Waals surface area contributed by atoms with E-state index < -0.39 is 17.6 Å². The molecule has 0 aromatic heterocycles. The Labute approximate surface area is 121 Å². The smallest absolute Gasteiger partial charge is 0.313 e. The van der Waals surface area contributed by atoms with Crippen LogP contribution >= 0.6 is 11.6 Å². The van der Waals surface area contributed by atoms with Crippen LogP contribution < -0.4 is 10.6 Å². The Morgan fingerprint density at radius 2 is 2.10 bits per heavy atom. The van der Waals surface area contributed by atoms with E-state index in [-0.39, 0.29) is 23.4 Å². The molecule has 110 valence electrons. The van der Waals surface area contributed by atoms with Gasteiger partial charge in [-0.2, -0.15) is 0 Å². The molecule has 1 aromatic rings. The molecule has 5 nitrogen and oxygen atoms in total. The van der Waals surface area contributed by atoms with Gasteiger partial charge in [0.05, 0.1) is 5.69 Å². The van der Waals surface area contributed by atoms with Gasteiger partial charge < -0.3 is 15.7 Å². The summed E-state index contributed by atoms with van der Waals surface area (Å²) in [4.78, 5) is 23.2. The summed E-state index contributed by atoms with van der Waals surface area (Å²) < 4.78 is 13.4. The highest BCUT2D eigenvalue weighted by molar-refractivity contribution is 6.39. The number of anilines is 1. The average molecular weight is 303 g/mol. The van der Waals surface area contributed by atoms with Crippen molar-refractivity contribution in [1.82, 2.24) is 5.32 Å². The monoisotopic (exact) mass is 302 g/mol. The number of hydrogen-bond acceptors (Lipinski definition) is 3. The van der Waals surface area contributed by atoms with E-state index in [2.05, 4.69) is 10.6 Å². The van der Waals surface area contributed by atoms with E-state index in [9.17, 15) is 14.0 Å². The molecule has 2 amide bonds. The highest BCUT2D eigenvalue weighted by Crippen LogP contribution is 2.18. The molecule has 3 N–H and O–H groups in total. The van der Waals surface area contributed by atoms with Crippen LogP contribution in [0.3, 0.4) is 0 Å². The molecule has 0 aliphatic rings. The maximum Gasteiger partial charge on any atom is 0.313 e. The molecule has 1 unspecified atom stereocenters. The normalized spacial score (nSPS) is 11.8. The van der Waals surface area contributed by atoms with Crippen LogP contribution in [0.4, 0.5) is 10.1 Å². The molecule has 0 spiro atoms. The number of carbonyl (C=O) groups excluding carboxylic acids is 2. The van der Waals surface area contributed by atoms with Gasteiger partial charge in [-0.3, -0.25) is 9.59 Å². The van der Waals surface area contributed by atoms with E-state index in [1.54, 1.807) is 6.92 Å². The van der Waals surface area contributed by atoms with Crippen molar-refractivity contribution >= 4 is 29.1 Å². The molecule has 7 heteroatoms. The van der Waals surface area contributed by atoms with Crippen molar-refractivity contribution in [2.75, 3.05) is 11.9 Å². The number of carbonyl (C=O) groups is 2. The lowest BCUT2D eigenvalue weighted by atomic mass is 10.2. The molecule has 1 aromatic carbocycles. The molecule has 0 heterocycles. The molecular weight excluding hydrogens is 287 g/mol. The van der Waals surface area contributed by atoms with E-state index in [0.717, 1.165) is 6.07 Å². The van der Waals surface area contributed by atoms with Crippen molar-refractivity contribution in [2.24, 2.45) is 0 Å². The quantitative estimate of drug-likeness (QED) is 0.724. The summed E-state index contributed by atoms with van der Waals surface area (Å²) in [5, 5.41) is 13.5. The molecule has 0 aliphatic heterocycles. The van der Waals surface area contributed by atoms with Crippen molar-refractivity contribution in [3.05, 3.63) is 29.0 Å². The van der Waals surface area contributed by atoms with Gasteiger partial charge in [-0.25, -0.2) is 4.39 Å². The molecule has 20 heavy (non-hydrogen) atoms. The first kappa shape index (κ1) is 16.4. The Bertz CT molecular complexity index is 497. The second kappa shape index (κ2) is 7.81. The fourth-order valence-electron chi connectivity index (χ4n) is 1.53. The predicted octanol–water partition coefficient (Wildman–Crippen LogP) is 1.69. The van der Waals surface area contributed by atoms with Crippen LogP contribution in [0.15, 0.2) is 18.2 Å². The number of benzene rings is 1. The molecular formula is C13H16ClFN2O3. The van der Waals surface area contributed by atoms with E-state index in [0.29, 0.717) is 12.8 Å². The first-order valence-corrected chi connectivity index (χ1v) is 6.49. The largest absolute Gasteiger partial charge is 0.396 e. The minimum absolute atomic E-state index is 0.0163. The molecule has 1 atom stereocenters. The first-order valence-electron chi connectivity index (χ1n) is 6.11.